The second kappa shape index (κ2) is 3.31. The Morgan fingerprint density at radius 2 is 2.50 bits per heavy atom. The number of nitrogens with two attached hydrogens (primary N) is 2. The third-order valence-electron chi connectivity index (χ3n) is 1.44. The van der Waals surface area contributed by atoms with E-state index in [1.54, 1.807) is 17.9 Å². The molecule has 0 saturated heterocycles. The van der Waals surface area contributed by atoms with E-state index < -0.39 is 11.9 Å². The molecule has 0 aromatic carbocycles. The van der Waals surface area contributed by atoms with Gasteiger partial charge < -0.3 is 11.5 Å². The van der Waals surface area contributed by atoms with Gasteiger partial charge in [-0.1, -0.05) is 5.21 Å². The average Bonchev–Trinajstić information content (AvgIpc) is 2.35. The smallest absolute Gasteiger partial charge is 0.234 e. The number of amides is 1. The minimum atomic E-state index is -0.679. The van der Waals surface area contributed by atoms with Crippen molar-refractivity contribution in [2.75, 3.05) is 0 Å². The Morgan fingerprint density at radius 3 is 2.92 bits per heavy atom. The molecule has 1 heterocycles. The van der Waals surface area contributed by atoms with Crippen LogP contribution < -0.4 is 11.5 Å². The van der Waals surface area contributed by atoms with Crippen molar-refractivity contribution < 1.29 is 4.79 Å². The Bertz CT molecular complexity index is 281. The lowest BCUT2D eigenvalue weighted by molar-refractivity contribution is -0.119. The molecule has 4 N–H and O–H groups in total. The lowest BCUT2D eigenvalue weighted by Crippen LogP contribution is -2.38. The van der Waals surface area contributed by atoms with E-state index in [1.165, 1.54) is 0 Å². The van der Waals surface area contributed by atoms with Crippen LogP contribution in [0.3, 0.4) is 0 Å². The largest absolute Gasteiger partial charge is 0.368 e. The highest BCUT2D eigenvalue weighted by Crippen LogP contribution is 1.95. The fraction of sp³-hybridized carbons (Fsp3) is 0.500. The van der Waals surface area contributed by atoms with Gasteiger partial charge >= 0.3 is 0 Å². The predicted molar refractivity (Wildman–Crippen MR) is 41.9 cm³/mol. The molecule has 0 radical (unpaired) electrons. The van der Waals surface area contributed by atoms with Crippen LogP contribution in [0.1, 0.15) is 5.69 Å². The summed E-state index contributed by atoms with van der Waals surface area (Å²) in [4.78, 5) is 10.6. The van der Waals surface area contributed by atoms with Crippen molar-refractivity contribution in [2.45, 2.75) is 12.5 Å². The van der Waals surface area contributed by atoms with E-state index in [1.807, 2.05) is 0 Å². The first-order valence-corrected chi connectivity index (χ1v) is 3.49. The molecule has 0 aliphatic rings. The van der Waals surface area contributed by atoms with Crippen LogP contribution in [0.5, 0.6) is 0 Å². The molecule has 1 amide bonds. The van der Waals surface area contributed by atoms with Crippen molar-refractivity contribution in [1.29, 1.82) is 0 Å². The summed E-state index contributed by atoms with van der Waals surface area (Å²) in [7, 11) is 1.74. The van der Waals surface area contributed by atoms with E-state index in [9.17, 15) is 4.79 Å². The minimum absolute atomic E-state index is 0.336. The highest BCUT2D eigenvalue weighted by Gasteiger charge is 2.11. The summed E-state index contributed by atoms with van der Waals surface area (Å²) < 4.78 is 1.54. The highest BCUT2D eigenvalue weighted by atomic mass is 16.1. The number of rotatable bonds is 3. The van der Waals surface area contributed by atoms with Gasteiger partial charge in [0, 0.05) is 19.7 Å². The molecule has 1 atom stereocenters. The molecule has 0 saturated carbocycles. The molecule has 1 rings (SSSR count). The summed E-state index contributed by atoms with van der Waals surface area (Å²) in [6.07, 6.45) is 2.03. The molecular weight excluding hydrogens is 158 g/mol. The highest BCUT2D eigenvalue weighted by molar-refractivity contribution is 5.79. The van der Waals surface area contributed by atoms with Crippen LogP contribution in [0.4, 0.5) is 0 Å². The van der Waals surface area contributed by atoms with Crippen molar-refractivity contribution in [2.24, 2.45) is 18.5 Å². The third-order valence-corrected chi connectivity index (χ3v) is 1.44. The van der Waals surface area contributed by atoms with Crippen LogP contribution >= 0.6 is 0 Å². The lowest BCUT2D eigenvalue weighted by Gasteiger charge is -2.02. The van der Waals surface area contributed by atoms with Gasteiger partial charge in [-0.15, -0.1) is 5.10 Å². The summed E-state index contributed by atoms with van der Waals surface area (Å²) in [6.45, 7) is 0. The number of hydrogen-bond donors (Lipinski definition) is 2. The zero-order valence-electron chi connectivity index (χ0n) is 6.77. The number of aromatic nitrogens is 3. The van der Waals surface area contributed by atoms with Crippen LogP contribution in [0.25, 0.3) is 0 Å². The number of hydrogen-bond acceptors (Lipinski definition) is 4. The summed E-state index contributed by atoms with van der Waals surface area (Å²) in [6, 6.07) is -0.679. The van der Waals surface area contributed by atoms with Crippen molar-refractivity contribution in [3.05, 3.63) is 11.9 Å². The summed E-state index contributed by atoms with van der Waals surface area (Å²) >= 11 is 0. The maximum Gasteiger partial charge on any atom is 0.234 e. The topological polar surface area (TPSA) is 99.8 Å². The van der Waals surface area contributed by atoms with Crippen molar-refractivity contribution in [3.63, 3.8) is 0 Å². The predicted octanol–water partition coefficient (Wildman–Crippen LogP) is -1.83. The number of aryl methyl sites for hydroxylation is 1. The summed E-state index contributed by atoms with van der Waals surface area (Å²) in [5.41, 5.74) is 11.0. The number of carbonyl (C=O) groups is 1. The van der Waals surface area contributed by atoms with Gasteiger partial charge in [-0.2, -0.15) is 0 Å². The Labute approximate surface area is 69.5 Å². The second-order valence-corrected chi connectivity index (χ2v) is 2.60. The molecule has 6 heteroatoms. The number of primary amides is 1. The van der Waals surface area contributed by atoms with Crippen molar-refractivity contribution >= 4 is 5.91 Å². The molecule has 1 unspecified atom stereocenters. The molecule has 6 nitrogen and oxygen atoms in total. The molecule has 0 spiro atoms. The van der Waals surface area contributed by atoms with Crippen LogP contribution in [0.15, 0.2) is 6.20 Å². The molecule has 12 heavy (non-hydrogen) atoms. The molecule has 0 fully saturated rings. The Hall–Kier alpha value is -1.43. The molecule has 66 valence electrons. The van der Waals surface area contributed by atoms with Gasteiger partial charge in [0.05, 0.1) is 11.7 Å². The van der Waals surface area contributed by atoms with Gasteiger partial charge in [0.15, 0.2) is 0 Å². The van der Waals surface area contributed by atoms with Crippen molar-refractivity contribution in [3.8, 4) is 0 Å². The van der Waals surface area contributed by atoms with Gasteiger partial charge in [-0.05, 0) is 0 Å². The van der Waals surface area contributed by atoms with Gasteiger partial charge in [0.2, 0.25) is 5.91 Å². The maximum atomic E-state index is 10.6. The van der Waals surface area contributed by atoms with Crippen LogP contribution in [0.2, 0.25) is 0 Å². The lowest BCUT2D eigenvalue weighted by atomic mass is 10.2. The Morgan fingerprint density at radius 1 is 1.83 bits per heavy atom. The Kier molecular flexibility index (Phi) is 2.39. The van der Waals surface area contributed by atoms with Crippen LogP contribution in [0, 0.1) is 0 Å². The Balaban J connectivity index is 2.58. The van der Waals surface area contributed by atoms with E-state index in [0.29, 0.717) is 12.1 Å². The van der Waals surface area contributed by atoms with E-state index in [-0.39, 0.29) is 0 Å². The van der Waals surface area contributed by atoms with Gasteiger partial charge in [0.25, 0.3) is 0 Å². The number of carbonyl (C=O) groups excluding carboxylic acids is 1. The van der Waals surface area contributed by atoms with Gasteiger partial charge in [-0.3, -0.25) is 9.48 Å². The summed E-state index contributed by atoms with van der Waals surface area (Å²) in [5.74, 6) is -0.527. The minimum Gasteiger partial charge on any atom is -0.368 e. The van der Waals surface area contributed by atoms with Gasteiger partial charge in [0.1, 0.15) is 0 Å². The summed E-state index contributed by atoms with van der Waals surface area (Å²) in [5, 5.41) is 7.45. The zero-order valence-corrected chi connectivity index (χ0v) is 6.77. The maximum absolute atomic E-state index is 10.6. The van der Waals surface area contributed by atoms with E-state index in [4.69, 9.17) is 11.5 Å². The SMILES string of the molecule is Cn1cc(CC(N)C(N)=O)nn1. The molecule has 0 bridgehead atoms. The first kappa shape index (κ1) is 8.66. The monoisotopic (exact) mass is 169 g/mol. The standard InChI is InChI=1S/C6H11N5O/c1-11-3-4(9-10-11)2-5(7)6(8)12/h3,5H,2,7H2,1H3,(H2,8,12). The van der Waals surface area contributed by atoms with Gasteiger partial charge in [-0.25, -0.2) is 0 Å². The first-order valence-electron chi connectivity index (χ1n) is 3.49. The van der Waals surface area contributed by atoms with E-state index >= 15 is 0 Å². The molecule has 0 aliphatic carbocycles. The quantitative estimate of drug-likeness (QED) is 0.555. The molecular formula is C6H11N5O. The third kappa shape index (κ3) is 2.03. The molecule has 1 aromatic heterocycles. The van der Waals surface area contributed by atoms with Crippen LogP contribution in [-0.4, -0.2) is 26.9 Å². The van der Waals surface area contributed by atoms with E-state index in [0.717, 1.165) is 0 Å². The number of nitrogens with zero attached hydrogens (tertiary/aromatic N) is 3. The van der Waals surface area contributed by atoms with E-state index in [2.05, 4.69) is 10.3 Å². The normalized spacial score (nSPS) is 12.8. The fourth-order valence-corrected chi connectivity index (χ4v) is 0.815. The van der Waals surface area contributed by atoms with Crippen molar-refractivity contribution in [1.82, 2.24) is 15.0 Å². The average molecular weight is 169 g/mol. The molecule has 0 aliphatic heterocycles. The first-order chi connectivity index (χ1) is 5.59. The fourth-order valence-electron chi connectivity index (χ4n) is 0.815. The molecule has 1 aromatic rings. The zero-order chi connectivity index (χ0) is 9.14. The van der Waals surface area contributed by atoms with Crippen LogP contribution in [-0.2, 0) is 18.3 Å². The second-order valence-electron chi connectivity index (χ2n) is 2.60.